The van der Waals surface area contributed by atoms with Gasteiger partial charge in [-0.25, -0.2) is 17.2 Å². The second kappa shape index (κ2) is 9.34. The second-order valence-electron chi connectivity index (χ2n) is 7.81. The quantitative estimate of drug-likeness (QED) is 0.345. The van der Waals surface area contributed by atoms with Crippen LogP contribution >= 0.6 is 22.9 Å². The summed E-state index contributed by atoms with van der Waals surface area (Å²) in [5, 5.41) is 21.1. The van der Waals surface area contributed by atoms with E-state index < -0.39 is 27.1 Å². The Morgan fingerprint density at radius 2 is 1.79 bits per heavy atom. The minimum atomic E-state index is -3.40. The van der Waals surface area contributed by atoms with Crippen LogP contribution in [0.5, 0.6) is 0 Å². The van der Waals surface area contributed by atoms with Crippen LogP contribution in [0.1, 0.15) is 18.7 Å². The smallest absolute Gasteiger partial charge is 0.182 e. The summed E-state index contributed by atoms with van der Waals surface area (Å²) in [7, 11) is -3.40. The van der Waals surface area contributed by atoms with Gasteiger partial charge in [0.15, 0.2) is 21.5 Å². The molecule has 10 heteroatoms. The van der Waals surface area contributed by atoms with Crippen molar-refractivity contribution in [3.05, 3.63) is 76.1 Å². The minimum Gasteiger partial charge on any atom is -0.384 e. The molecule has 3 N–H and O–H groups in total. The highest BCUT2D eigenvalue weighted by Gasteiger charge is 2.26. The van der Waals surface area contributed by atoms with E-state index in [9.17, 15) is 22.3 Å². The largest absolute Gasteiger partial charge is 0.384 e. The van der Waals surface area contributed by atoms with Crippen molar-refractivity contribution >= 4 is 49.9 Å². The topological polar surface area (TPSA) is 90.2 Å². The molecule has 0 aliphatic rings. The maximum Gasteiger partial charge on any atom is 0.182 e. The Hall–Kier alpha value is -2.59. The Bertz CT molecular complexity index is 1360. The number of thiophene rings is 1. The number of nitrogens with one attached hydrogen (secondary N) is 2. The summed E-state index contributed by atoms with van der Waals surface area (Å²) in [6.45, 7) is 2.77. The summed E-state index contributed by atoms with van der Waals surface area (Å²) < 4.78 is 51.9. The van der Waals surface area contributed by atoms with Gasteiger partial charge in [0, 0.05) is 11.1 Å². The zero-order valence-corrected chi connectivity index (χ0v) is 20.3. The third kappa shape index (κ3) is 5.67. The summed E-state index contributed by atoms with van der Waals surface area (Å²) in [4.78, 5) is 1.32. The first kappa shape index (κ1) is 25.0. The molecule has 0 aliphatic carbocycles. The average Bonchev–Trinajstić information content (AvgIpc) is 3.22. The highest BCUT2D eigenvalue weighted by Crippen LogP contribution is 2.37. The maximum absolute atomic E-state index is 14.3. The first-order valence-electron chi connectivity index (χ1n) is 9.62. The molecule has 33 heavy (non-hydrogen) atoms. The van der Waals surface area contributed by atoms with Gasteiger partial charge in [-0.3, -0.25) is 0 Å². The fourth-order valence-corrected chi connectivity index (χ4v) is 4.97. The average molecular weight is 511 g/mol. The first-order chi connectivity index (χ1) is 15.3. The van der Waals surface area contributed by atoms with Crippen molar-refractivity contribution in [3.63, 3.8) is 0 Å². The van der Waals surface area contributed by atoms with Crippen molar-refractivity contribution in [3.8, 4) is 10.4 Å². The predicted octanol–water partition coefficient (Wildman–Crippen LogP) is 5.91. The lowest BCUT2D eigenvalue weighted by atomic mass is 10.0. The van der Waals surface area contributed by atoms with E-state index >= 15 is 0 Å². The van der Waals surface area contributed by atoms with Crippen LogP contribution in [0.3, 0.4) is 0 Å². The highest BCUT2D eigenvalue weighted by molar-refractivity contribution is 7.90. The van der Waals surface area contributed by atoms with E-state index in [1.54, 1.807) is 24.3 Å². The molecule has 0 fully saturated rings. The third-order valence-corrected chi connectivity index (χ3v) is 7.30. The lowest BCUT2D eigenvalue weighted by Crippen LogP contribution is -2.31. The van der Waals surface area contributed by atoms with Gasteiger partial charge < -0.3 is 15.8 Å². The van der Waals surface area contributed by atoms with Crippen LogP contribution in [0.4, 0.5) is 14.5 Å². The van der Waals surface area contributed by atoms with E-state index in [0.29, 0.717) is 15.3 Å². The molecule has 0 aliphatic heterocycles. The monoisotopic (exact) mass is 510 g/mol. The first-order valence-corrected chi connectivity index (χ1v) is 12.7. The molecule has 3 aromatic rings. The summed E-state index contributed by atoms with van der Waals surface area (Å²) in [5.74, 6) is -2.18. The SMILES string of the molecule is CC(C)(O)C(=N)/C(Cl)=C(\Nc1cccc(F)c1F)c1ccc(-c2cccc(S(C)(=O)=O)c2)s1. The molecule has 5 nitrogen and oxygen atoms in total. The Labute approximate surface area is 199 Å². The summed E-state index contributed by atoms with van der Waals surface area (Å²) >= 11 is 7.65. The van der Waals surface area contributed by atoms with Crippen LogP contribution in [-0.2, 0) is 9.84 Å². The fourth-order valence-electron chi connectivity index (χ4n) is 2.86. The third-order valence-electron chi connectivity index (χ3n) is 4.66. The van der Waals surface area contributed by atoms with Crippen molar-refractivity contribution in [2.45, 2.75) is 24.3 Å². The van der Waals surface area contributed by atoms with Gasteiger partial charge in [0.25, 0.3) is 0 Å². The number of halogens is 3. The molecule has 0 saturated heterocycles. The number of sulfone groups is 1. The van der Waals surface area contributed by atoms with Gasteiger partial charge in [0.05, 0.1) is 31.9 Å². The standard InChI is InChI=1S/C23H21ClF2N2O3S2/c1-23(2,29)22(27)19(24)21(28-16-9-5-8-15(25)20(16)26)18-11-10-17(32-18)13-6-4-7-14(12-13)33(3,30)31/h4-12,27-29H,1-3H3/b21-19+,27-22?. The number of rotatable bonds is 7. The lowest BCUT2D eigenvalue weighted by molar-refractivity contribution is 0.154. The van der Waals surface area contributed by atoms with Crippen molar-refractivity contribution in [1.82, 2.24) is 0 Å². The van der Waals surface area contributed by atoms with E-state index in [1.165, 1.54) is 49.4 Å². The number of aliphatic hydroxyl groups is 1. The molecule has 2 aromatic carbocycles. The number of anilines is 1. The van der Waals surface area contributed by atoms with E-state index in [4.69, 9.17) is 17.0 Å². The zero-order chi connectivity index (χ0) is 24.6. The Morgan fingerprint density at radius 1 is 1.12 bits per heavy atom. The molecule has 0 atom stereocenters. The van der Waals surface area contributed by atoms with Gasteiger partial charge >= 0.3 is 0 Å². The van der Waals surface area contributed by atoms with E-state index in [1.807, 2.05) is 0 Å². The molecule has 1 heterocycles. The molecule has 174 valence electrons. The highest BCUT2D eigenvalue weighted by atomic mass is 35.5. The Kier molecular flexibility index (Phi) is 7.09. The molecule has 1 aromatic heterocycles. The molecule has 0 bridgehead atoms. The fraction of sp³-hybridized carbons (Fsp3) is 0.174. The molecule has 0 amide bonds. The van der Waals surface area contributed by atoms with Crippen molar-refractivity contribution in [2.24, 2.45) is 0 Å². The Morgan fingerprint density at radius 3 is 2.42 bits per heavy atom. The summed E-state index contributed by atoms with van der Waals surface area (Å²) in [6, 6.07) is 13.4. The zero-order valence-electron chi connectivity index (χ0n) is 17.9. The number of hydrogen-bond acceptors (Lipinski definition) is 6. The molecule has 0 spiro atoms. The number of benzene rings is 2. The van der Waals surface area contributed by atoms with Crippen LogP contribution in [0.15, 0.2) is 64.5 Å². The maximum atomic E-state index is 14.3. The molecular weight excluding hydrogens is 490 g/mol. The van der Waals surface area contributed by atoms with Gasteiger partial charge in [0.1, 0.15) is 5.60 Å². The van der Waals surface area contributed by atoms with E-state index in [0.717, 1.165) is 12.3 Å². The minimum absolute atomic E-state index is 0.101. The van der Waals surface area contributed by atoms with Crippen LogP contribution in [0.25, 0.3) is 16.1 Å². The van der Waals surface area contributed by atoms with Crippen LogP contribution in [0, 0.1) is 17.0 Å². The molecule has 3 rings (SSSR count). The van der Waals surface area contributed by atoms with Crippen molar-refractivity contribution in [1.29, 1.82) is 5.41 Å². The van der Waals surface area contributed by atoms with Crippen LogP contribution in [0.2, 0.25) is 0 Å². The molecular formula is C23H21ClF2N2O3S2. The summed E-state index contributed by atoms with van der Waals surface area (Å²) in [6.07, 6.45) is 1.12. The summed E-state index contributed by atoms with van der Waals surface area (Å²) in [5.41, 5.74) is -1.37. The van der Waals surface area contributed by atoms with E-state index in [-0.39, 0.29) is 27.0 Å². The van der Waals surface area contributed by atoms with Gasteiger partial charge in [-0.15, -0.1) is 11.3 Å². The van der Waals surface area contributed by atoms with Crippen molar-refractivity contribution < 1.29 is 22.3 Å². The van der Waals surface area contributed by atoms with Gasteiger partial charge in [-0.1, -0.05) is 29.8 Å². The van der Waals surface area contributed by atoms with Crippen LogP contribution in [-0.4, -0.2) is 31.1 Å². The molecule has 0 unspecified atom stereocenters. The second-order valence-corrected chi connectivity index (χ2v) is 11.3. The van der Waals surface area contributed by atoms with E-state index in [2.05, 4.69) is 5.32 Å². The lowest BCUT2D eigenvalue weighted by Gasteiger charge is -2.21. The normalized spacial score (nSPS) is 12.9. The van der Waals surface area contributed by atoms with Crippen molar-refractivity contribution in [2.75, 3.05) is 11.6 Å². The predicted molar refractivity (Wildman–Crippen MR) is 130 cm³/mol. The molecule has 0 saturated carbocycles. The number of hydrogen-bond donors (Lipinski definition) is 3. The van der Waals surface area contributed by atoms with Crippen LogP contribution < -0.4 is 5.32 Å². The molecule has 0 radical (unpaired) electrons. The van der Waals surface area contributed by atoms with Gasteiger partial charge in [-0.2, -0.15) is 0 Å². The van der Waals surface area contributed by atoms with Gasteiger partial charge in [0.2, 0.25) is 0 Å². The Balaban J connectivity index is 2.12. The van der Waals surface area contributed by atoms with Gasteiger partial charge in [-0.05, 0) is 55.8 Å².